The SMILES string of the molecule is CC(C)CC(=O)C1CCCN(C(=O)c2ccc(NCc3cccnc3)nc2)C1. The average molecular weight is 380 g/mol. The van der Waals surface area contributed by atoms with Gasteiger partial charge >= 0.3 is 0 Å². The van der Waals surface area contributed by atoms with Gasteiger partial charge in [-0.15, -0.1) is 0 Å². The van der Waals surface area contributed by atoms with Gasteiger partial charge in [0.1, 0.15) is 11.6 Å². The number of hydrogen-bond donors (Lipinski definition) is 1. The summed E-state index contributed by atoms with van der Waals surface area (Å²) in [5.74, 6) is 1.26. The van der Waals surface area contributed by atoms with Gasteiger partial charge in [-0.2, -0.15) is 0 Å². The third kappa shape index (κ3) is 5.38. The molecule has 6 heteroatoms. The summed E-state index contributed by atoms with van der Waals surface area (Å²) in [6, 6.07) is 7.49. The summed E-state index contributed by atoms with van der Waals surface area (Å²) in [4.78, 5) is 35.5. The summed E-state index contributed by atoms with van der Waals surface area (Å²) >= 11 is 0. The zero-order valence-electron chi connectivity index (χ0n) is 16.6. The van der Waals surface area contributed by atoms with Crippen LogP contribution in [0.3, 0.4) is 0 Å². The smallest absolute Gasteiger partial charge is 0.255 e. The van der Waals surface area contributed by atoms with E-state index >= 15 is 0 Å². The Morgan fingerprint density at radius 1 is 1.25 bits per heavy atom. The lowest BCUT2D eigenvalue weighted by Gasteiger charge is -2.32. The van der Waals surface area contributed by atoms with Gasteiger partial charge in [0.05, 0.1) is 5.56 Å². The molecule has 1 amide bonds. The van der Waals surface area contributed by atoms with E-state index in [0.29, 0.717) is 43.4 Å². The molecule has 2 aromatic rings. The van der Waals surface area contributed by atoms with Crippen molar-refractivity contribution in [1.82, 2.24) is 14.9 Å². The molecule has 1 atom stereocenters. The van der Waals surface area contributed by atoms with Crippen molar-refractivity contribution < 1.29 is 9.59 Å². The van der Waals surface area contributed by atoms with Crippen LogP contribution in [0.5, 0.6) is 0 Å². The number of nitrogens with zero attached hydrogens (tertiary/aromatic N) is 3. The van der Waals surface area contributed by atoms with Crippen molar-refractivity contribution in [2.75, 3.05) is 18.4 Å². The summed E-state index contributed by atoms with van der Waals surface area (Å²) in [6.45, 7) is 5.95. The molecule has 0 bridgehead atoms. The second kappa shape index (κ2) is 9.44. The summed E-state index contributed by atoms with van der Waals surface area (Å²) < 4.78 is 0. The number of aromatic nitrogens is 2. The number of hydrogen-bond acceptors (Lipinski definition) is 5. The van der Waals surface area contributed by atoms with E-state index in [1.54, 1.807) is 29.6 Å². The standard InChI is InChI=1S/C22H28N4O2/c1-16(2)11-20(27)19-6-4-10-26(15-19)22(28)18-7-8-21(25-14-18)24-13-17-5-3-9-23-12-17/h3,5,7-9,12,14,16,19H,4,6,10-11,13,15H2,1-2H3,(H,24,25). The van der Waals surface area contributed by atoms with E-state index in [9.17, 15) is 9.59 Å². The fourth-order valence-electron chi connectivity index (χ4n) is 3.50. The number of likely N-dealkylation sites (tertiary alicyclic amines) is 1. The summed E-state index contributed by atoms with van der Waals surface area (Å²) in [5, 5.41) is 3.23. The van der Waals surface area contributed by atoms with E-state index in [4.69, 9.17) is 0 Å². The lowest BCUT2D eigenvalue weighted by molar-refractivity contribution is -0.124. The van der Waals surface area contributed by atoms with Crippen molar-refractivity contribution in [3.8, 4) is 0 Å². The van der Waals surface area contributed by atoms with Crippen LogP contribution in [0.4, 0.5) is 5.82 Å². The molecule has 2 aromatic heterocycles. The van der Waals surface area contributed by atoms with Crippen LogP contribution in [0, 0.1) is 11.8 Å². The Morgan fingerprint density at radius 2 is 2.11 bits per heavy atom. The van der Waals surface area contributed by atoms with Crippen LogP contribution in [-0.4, -0.2) is 39.6 Å². The molecule has 0 radical (unpaired) electrons. The quantitative estimate of drug-likeness (QED) is 0.795. The van der Waals surface area contributed by atoms with Crippen molar-refractivity contribution in [3.63, 3.8) is 0 Å². The number of rotatable bonds is 7. The van der Waals surface area contributed by atoms with Crippen LogP contribution in [0.15, 0.2) is 42.9 Å². The Bertz CT molecular complexity index is 790. The predicted molar refractivity (Wildman–Crippen MR) is 109 cm³/mol. The Balaban J connectivity index is 1.57. The Hall–Kier alpha value is -2.76. The number of amides is 1. The van der Waals surface area contributed by atoms with Gasteiger partial charge in [0.2, 0.25) is 0 Å². The summed E-state index contributed by atoms with van der Waals surface area (Å²) in [6.07, 6.45) is 7.49. The molecule has 0 aromatic carbocycles. The molecule has 1 fully saturated rings. The minimum absolute atomic E-state index is 0.0338. The molecule has 0 spiro atoms. The summed E-state index contributed by atoms with van der Waals surface area (Å²) in [7, 11) is 0. The first-order valence-electron chi connectivity index (χ1n) is 9.93. The van der Waals surface area contributed by atoms with Crippen molar-refractivity contribution in [1.29, 1.82) is 0 Å². The van der Waals surface area contributed by atoms with Crippen LogP contribution >= 0.6 is 0 Å². The summed E-state index contributed by atoms with van der Waals surface area (Å²) in [5.41, 5.74) is 1.62. The number of nitrogens with one attached hydrogen (secondary N) is 1. The molecule has 1 aliphatic heterocycles. The predicted octanol–water partition coefficient (Wildman–Crippen LogP) is 3.56. The first kappa shape index (κ1) is 20.0. The largest absolute Gasteiger partial charge is 0.366 e. The molecule has 0 aliphatic carbocycles. The molecule has 1 saturated heterocycles. The lowest BCUT2D eigenvalue weighted by Crippen LogP contribution is -2.42. The monoisotopic (exact) mass is 380 g/mol. The van der Waals surface area contributed by atoms with Crippen LogP contribution in [-0.2, 0) is 11.3 Å². The van der Waals surface area contributed by atoms with E-state index in [1.165, 1.54) is 0 Å². The number of anilines is 1. The molecule has 0 saturated carbocycles. The highest BCUT2D eigenvalue weighted by Crippen LogP contribution is 2.22. The van der Waals surface area contributed by atoms with Crippen molar-refractivity contribution >= 4 is 17.5 Å². The maximum atomic E-state index is 12.8. The minimum atomic E-state index is -0.0478. The number of ketones is 1. The highest BCUT2D eigenvalue weighted by Gasteiger charge is 2.29. The zero-order chi connectivity index (χ0) is 19.9. The van der Waals surface area contributed by atoms with Crippen LogP contribution < -0.4 is 5.32 Å². The molecule has 1 unspecified atom stereocenters. The van der Waals surface area contributed by atoms with Crippen LogP contribution in [0.2, 0.25) is 0 Å². The number of carbonyl (C=O) groups is 2. The molecule has 6 nitrogen and oxygen atoms in total. The van der Waals surface area contributed by atoms with E-state index in [-0.39, 0.29) is 17.6 Å². The third-order valence-electron chi connectivity index (χ3n) is 4.98. The van der Waals surface area contributed by atoms with Crippen molar-refractivity contribution in [3.05, 3.63) is 54.0 Å². The Morgan fingerprint density at radius 3 is 2.79 bits per heavy atom. The van der Waals surface area contributed by atoms with Gasteiger partial charge in [0.15, 0.2) is 0 Å². The van der Waals surface area contributed by atoms with Gasteiger partial charge < -0.3 is 10.2 Å². The topological polar surface area (TPSA) is 75.2 Å². The first-order valence-corrected chi connectivity index (χ1v) is 9.93. The second-order valence-corrected chi connectivity index (χ2v) is 7.80. The highest BCUT2D eigenvalue weighted by molar-refractivity contribution is 5.94. The average Bonchev–Trinajstić information content (AvgIpc) is 2.72. The number of piperidine rings is 1. The molecular weight excluding hydrogens is 352 g/mol. The molecule has 1 aliphatic rings. The number of pyridine rings is 2. The third-order valence-corrected chi connectivity index (χ3v) is 4.98. The normalized spacial score (nSPS) is 16.8. The van der Waals surface area contributed by atoms with Crippen LogP contribution in [0.25, 0.3) is 0 Å². The fourth-order valence-corrected chi connectivity index (χ4v) is 3.50. The van der Waals surface area contributed by atoms with Crippen molar-refractivity contribution in [2.45, 2.75) is 39.7 Å². The maximum absolute atomic E-state index is 12.8. The molecule has 3 heterocycles. The molecule has 1 N–H and O–H groups in total. The second-order valence-electron chi connectivity index (χ2n) is 7.80. The van der Waals surface area contributed by atoms with Gasteiger partial charge in [0, 0.05) is 50.6 Å². The minimum Gasteiger partial charge on any atom is -0.366 e. The Labute approximate surface area is 166 Å². The number of carbonyl (C=O) groups excluding carboxylic acids is 2. The molecule has 3 rings (SSSR count). The van der Waals surface area contributed by atoms with E-state index in [2.05, 4.69) is 29.1 Å². The Kier molecular flexibility index (Phi) is 6.74. The van der Waals surface area contributed by atoms with Gasteiger partial charge in [-0.3, -0.25) is 14.6 Å². The van der Waals surface area contributed by atoms with E-state index in [1.807, 2.05) is 18.2 Å². The van der Waals surface area contributed by atoms with Gasteiger partial charge in [-0.25, -0.2) is 4.98 Å². The van der Waals surface area contributed by atoms with Gasteiger partial charge in [-0.1, -0.05) is 19.9 Å². The molecular formula is C22H28N4O2. The lowest BCUT2D eigenvalue weighted by atomic mass is 9.89. The zero-order valence-corrected chi connectivity index (χ0v) is 16.6. The molecule has 28 heavy (non-hydrogen) atoms. The maximum Gasteiger partial charge on any atom is 0.255 e. The first-order chi connectivity index (χ1) is 13.5. The molecule has 148 valence electrons. The van der Waals surface area contributed by atoms with Crippen LogP contribution in [0.1, 0.15) is 49.0 Å². The van der Waals surface area contributed by atoms with E-state index in [0.717, 1.165) is 18.4 Å². The van der Waals surface area contributed by atoms with Gasteiger partial charge in [-0.05, 0) is 42.5 Å². The van der Waals surface area contributed by atoms with E-state index < -0.39 is 0 Å². The van der Waals surface area contributed by atoms with Crippen molar-refractivity contribution in [2.24, 2.45) is 11.8 Å². The highest BCUT2D eigenvalue weighted by atomic mass is 16.2. The van der Waals surface area contributed by atoms with Gasteiger partial charge in [0.25, 0.3) is 5.91 Å². The fraction of sp³-hybridized carbons (Fsp3) is 0.455. The number of Topliss-reactive ketones (excluding diaryl/α,β-unsaturated/α-hetero) is 1.